The number of nitrogen functional groups attached to an aromatic ring is 1. The zero-order valence-electron chi connectivity index (χ0n) is 21.2. The van der Waals surface area contributed by atoms with Gasteiger partial charge in [0.25, 0.3) is 0 Å². The lowest BCUT2D eigenvalue weighted by molar-refractivity contribution is -0.152. The van der Waals surface area contributed by atoms with Gasteiger partial charge in [0.15, 0.2) is 23.8 Å². The van der Waals surface area contributed by atoms with E-state index >= 15 is 0 Å². The average molecular weight is 546 g/mol. The summed E-state index contributed by atoms with van der Waals surface area (Å²) >= 11 is 0. The molecule has 2 aromatic heterocycles. The van der Waals surface area contributed by atoms with Gasteiger partial charge in [0, 0.05) is 6.42 Å². The summed E-state index contributed by atoms with van der Waals surface area (Å²) in [4.78, 5) is 49.9. The number of imidazole rings is 1. The van der Waals surface area contributed by atoms with Gasteiger partial charge in [0.05, 0.1) is 12.4 Å². The number of aliphatic carboxylic acids is 1. The van der Waals surface area contributed by atoms with Gasteiger partial charge in [-0.3, -0.25) is 9.36 Å². The number of aromatic nitrogens is 4. The number of nitrogens with zero attached hydrogens (tertiary/aromatic N) is 4. The van der Waals surface area contributed by atoms with Crippen LogP contribution in [0.5, 0.6) is 0 Å². The number of benzene rings is 1. The number of nitrogens with one attached hydrogen (secondary N) is 2. The molecule has 208 valence electrons. The number of aliphatic hydroxyl groups is 1. The van der Waals surface area contributed by atoms with Crippen molar-refractivity contribution in [3.05, 3.63) is 48.3 Å². The molecule has 0 aliphatic carbocycles. The van der Waals surface area contributed by atoms with Gasteiger partial charge in [-0.1, -0.05) is 12.1 Å². The Bertz CT molecular complexity index is 1380. The number of carbonyl (C=O) groups excluding carboxylic acids is 2. The molecule has 3 aromatic rings. The molecule has 0 saturated carbocycles. The van der Waals surface area contributed by atoms with Crippen molar-refractivity contribution in [3.8, 4) is 0 Å². The van der Waals surface area contributed by atoms with E-state index in [0.717, 1.165) is 0 Å². The highest BCUT2D eigenvalue weighted by atomic mass is 19.1. The van der Waals surface area contributed by atoms with Crippen LogP contribution in [0.4, 0.5) is 15.0 Å². The first-order valence-corrected chi connectivity index (χ1v) is 11.9. The topological polar surface area (TPSA) is 204 Å². The summed E-state index contributed by atoms with van der Waals surface area (Å²) < 4.78 is 25.5. The quantitative estimate of drug-likeness (QED) is 0.277. The van der Waals surface area contributed by atoms with Crippen molar-refractivity contribution in [3.63, 3.8) is 0 Å². The number of nitrogens with two attached hydrogens (primary N) is 1. The highest BCUT2D eigenvalue weighted by Crippen LogP contribution is 2.32. The van der Waals surface area contributed by atoms with Gasteiger partial charge in [-0.25, -0.2) is 28.9 Å². The summed E-state index contributed by atoms with van der Waals surface area (Å²) in [7, 11) is 0. The van der Waals surface area contributed by atoms with E-state index in [1.165, 1.54) is 41.5 Å². The Morgan fingerprint density at radius 1 is 1.21 bits per heavy atom. The van der Waals surface area contributed by atoms with E-state index in [-0.39, 0.29) is 23.4 Å². The smallest absolute Gasteiger partial charge is 0.408 e. The average Bonchev–Trinajstić information content (AvgIpc) is 3.41. The fourth-order valence-electron chi connectivity index (χ4n) is 4.11. The number of rotatable bonds is 7. The number of carboxylic acid groups (broad SMARTS) is 1. The maximum absolute atomic E-state index is 13.4. The third-order valence-electron chi connectivity index (χ3n) is 5.85. The highest BCUT2D eigenvalue weighted by Gasteiger charge is 2.50. The summed E-state index contributed by atoms with van der Waals surface area (Å²) in [6.45, 7) is 4.93. The molecule has 1 unspecified atom stereocenters. The van der Waals surface area contributed by atoms with Crippen LogP contribution in [0, 0.1) is 5.82 Å². The fourth-order valence-corrected chi connectivity index (χ4v) is 4.11. The van der Waals surface area contributed by atoms with Crippen LogP contribution in [-0.2, 0) is 25.5 Å². The zero-order chi connectivity index (χ0) is 28.5. The molecule has 39 heavy (non-hydrogen) atoms. The third-order valence-corrected chi connectivity index (χ3v) is 5.85. The van der Waals surface area contributed by atoms with Crippen LogP contribution in [-0.4, -0.2) is 77.6 Å². The monoisotopic (exact) mass is 545 g/mol. The number of amides is 2. The molecule has 0 radical (unpaired) electrons. The van der Waals surface area contributed by atoms with Gasteiger partial charge >= 0.3 is 12.1 Å². The first kappa shape index (κ1) is 27.7. The number of carbonyl (C=O) groups is 3. The highest BCUT2D eigenvalue weighted by molar-refractivity contribution is 5.87. The number of ether oxygens (including phenoxy) is 2. The lowest BCUT2D eigenvalue weighted by Gasteiger charge is -2.26. The molecule has 1 fully saturated rings. The van der Waals surface area contributed by atoms with E-state index in [2.05, 4.69) is 25.6 Å². The van der Waals surface area contributed by atoms with Crippen molar-refractivity contribution in [2.24, 2.45) is 0 Å². The molecule has 15 heteroatoms. The van der Waals surface area contributed by atoms with Crippen molar-refractivity contribution >= 4 is 35.0 Å². The number of fused-ring (bicyclic) bond motifs is 1. The van der Waals surface area contributed by atoms with Crippen LogP contribution in [0.15, 0.2) is 36.9 Å². The number of alkyl carbamates (subject to hydrolysis) is 1. The van der Waals surface area contributed by atoms with Crippen molar-refractivity contribution in [2.45, 2.75) is 63.3 Å². The van der Waals surface area contributed by atoms with Crippen molar-refractivity contribution < 1.29 is 38.5 Å². The van der Waals surface area contributed by atoms with E-state index < -0.39 is 59.9 Å². The molecule has 1 saturated heterocycles. The van der Waals surface area contributed by atoms with Gasteiger partial charge in [-0.05, 0) is 38.5 Å². The molecule has 4 rings (SSSR count). The largest absolute Gasteiger partial charge is 0.479 e. The summed E-state index contributed by atoms with van der Waals surface area (Å²) in [5.74, 6) is -2.69. The van der Waals surface area contributed by atoms with E-state index in [1.54, 1.807) is 20.8 Å². The van der Waals surface area contributed by atoms with Crippen LogP contribution in [0.3, 0.4) is 0 Å². The van der Waals surface area contributed by atoms with Crippen LogP contribution in [0.25, 0.3) is 11.2 Å². The molecule has 1 aliphatic heterocycles. The Labute approximate surface area is 221 Å². The SMILES string of the molecule is CC(C)(C)OC(=O)NC(Cc1ccc(F)cc1)C(=O)N[C@H]1[C@@H](O)[C@H](n2cnc3c(N)ncnc32)O[C@@H]1C(=O)O. The minimum Gasteiger partial charge on any atom is -0.479 e. The molecular weight excluding hydrogens is 517 g/mol. The molecule has 1 aliphatic rings. The molecular formula is C24H28FN7O7. The minimum atomic E-state index is -1.67. The predicted octanol–water partition coefficient (Wildman–Crippen LogP) is 0.511. The Kier molecular flexibility index (Phi) is 7.65. The van der Waals surface area contributed by atoms with Crippen LogP contribution >= 0.6 is 0 Å². The summed E-state index contributed by atoms with van der Waals surface area (Å²) in [6, 6.07) is 2.56. The molecule has 14 nitrogen and oxygen atoms in total. The molecule has 6 N–H and O–H groups in total. The fraction of sp³-hybridized carbons (Fsp3) is 0.417. The van der Waals surface area contributed by atoms with E-state index in [4.69, 9.17) is 15.2 Å². The number of aliphatic hydroxyl groups excluding tert-OH is 1. The first-order chi connectivity index (χ1) is 18.3. The Morgan fingerprint density at radius 3 is 2.54 bits per heavy atom. The minimum absolute atomic E-state index is 0.0720. The van der Waals surface area contributed by atoms with Gasteiger partial charge in [-0.2, -0.15) is 0 Å². The summed E-state index contributed by atoms with van der Waals surface area (Å²) in [5, 5.41) is 25.8. The van der Waals surface area contributed by atoms with Gasteiger partial charge in [0.2, 0.25) is 5.91 Å². The maximum atomic E-state index is 13.4. The number of halogens is 1. The standard InChI is InChI=1S/C24H28FN7O7/c1-24(2,3)39-23(37)30-13(8-11-4-6-12(25)7-5-11)20(34)31-14-16(33)21(38-17(14)22(35)36)32-10-29-15-18(26)27-9-28-19(15)32/h4-7,9-10,13-14,16-17,21,33H,8H2,1-3H3,(H,30,37)(H,31,34)(H,35,36)(H2,26,27,28)/t13?,14-,16+,17-,21+/m0/s1. The summed E-state index contributed by atoms with van der Waals surface area (Å²) in [5.41, 5.74) is 5.85. The van der Waals surface area contributed by atoms with Crippen LogP contribution in [0.2, 0.25) is 0 Å². The second-order valence-electron chi connectivity index (χ2n) is 9.92. The predicted molar refractivity (Wildman–Crippen MR) is 132 cm³/mol. The normalized spacial score (nSPS) is 21.9. The second-order valence-corrected chi connectivity index (χ2v) is 9.92. The molecule has 0 bridgehead atoms. The maximum Gasteiger partial charge on any atom is 0.408 e. The van der Waals surface area contributed by atoms with Crippen molar-refractivity contribution in [1.82, 2.24) is 30.2 Å². The lowest BCUT2D eigenvalue weighted by Crippen LogP contribution is -2.56. The molecule has 2 amide bonds. The number of hydrogen-bond acceptors (Lipinski definition) is 10. The van der Waals surface area contributed by atoms with E-state index in [1.807, 2.05) is 0 Å². The van der Waals surface area contributed by atoms with Gasteiger partial charge < -0.3 is 36.1 Å². The van der Waals surface area contributed by atoms with E-state index in [0.29, 0.717) is 5.56 Å². The molecule has 0 spiro atoms. The van der Waals surface area contributed by atoms with E-state index in [9.17, 15) is 29.0 Å². The third kappa shape index (κ3) is 6.21. The molecule has 1 aromatic carbocycles. The first-order valence-electron chi connectivity index (χ1n) is 11.9. The Morgan fingerprint density at radius 2 is 1.90 bits per heavy atom. The van der Waals surface area contributed by atoms with Crippen molar-refractivity contribution in [2.75, 3.05) is 5.73 Å². The van der Waals surface area contributed by atoms with Crippen LogP contribution < -0.4 is 16.4 Å². The Balaban J connectivity index is 1.58. The van der Waals surface area contributed by atoms with Gasteiger partial charge in [-0.15, -0.1) is 0 Å². The number of anilines is 1. The number of carboxylic acids is 1. The van der Waals surface area contributed by atoms with Crippen LogP contribution in [0.1, 0.15) is 32.6 Å². The molecule has 5 atom stereocenters. The second kappa shape index (κ2) is 10.8. The van der Waals surface area contributed by atoms with Crippen molar-refractivity contribution in [1.29, 1.82) is 0 Å². The summed E-state index contributed by atoms with van der Waals surface area (Å²) in [6.07, 6.45) is -3.09. The number of hydrogen-bond donors (Lipinski definition) is 5. The molecule has 3 heterocycles. The van der Waals surface area contributed by atoms with Gasteiger partial charge in [0.1, 0.15) is 35.4 Å². The Hall–Kier alpha value is -4.37. The lowest BCUT2D eigenvalue weighted by atomic mass is 10.0. The zero-order valence-corrected chi connectivity index (χ0v) is 21.2.